The summed E-state index contributed by atoms with van der Waals surface area (Å²) in [6, 6.07) is 12.9. The molecule has 0 amide bonds. The standard InChI is InChI=1S/C13H9BrClFS/c14-11-4-2-1-3-9(11)8-17-10-5-6-12(15)13(16)7-10/h1-7H,8H2. The number of thioether (sulfide) groups is 1. The van der Waals surface area contributed by atoms with E-state index in [2.05, 4.69) is 15.9 Å². The fraction of sp³-hybridized carbons (Fsp3) is 0.0769. The van der Waals surface area contributed by atoms with Crippen LogP contribution in [-0.4, -0.2) is 0 Å². The van der Waals surface area contributed by atoms with E-state index in [4.69, 9.17) is 11.6 Å². The van der Waals surface area contributed by atoms with Crippen molar-refractivity contribution in [2.24, 2.45) is 0 Å². The monoisotopic (exact) mass is 330 g/mol. The van der Waals surface area contributed by atoms with Gasteiger partial charge in [-0.25, -0.2) is 4.39 Å². The van der Waals surface area contributed by atoms with Crippen molar-refractivity contribution in [3.05, 3.63) is 63.3 Å². The second kappa shape index (κ2) is 5.89. The lowest BCUT2D eigenvalue weighted by Gasteiger charge is -2.05. The summed E-state index contributed by atoms with van der Waals surface area (Å²) in [5, 5.41) is 0.162. The summed E-state index contributed by atoms with van der Waals surface area (Å²) in [7, 11) is 0. The SMILES string of the molecule is Fc1cc(SCc2ccccc2Br)ccc1Cl. The summed E-state index contributed by atoms with van der Waals surface area (Å²) in [5.41, 5.74) is 1.19. The van der Waals surface area contributed by atoms with Crippen LogP contribution in [0.3, 0.4) is 0 Å². The molecule has 2 rings (SSSR count). The van der Waals surface area contributed by atoms with Gasteiger partial charge in [0.2, 0.25) is 0 Å². The minimum absolute atomic E-state index is 0.162. The summed E-state index contributed by atoms with van der Waals surface area (Å²) in [5.74, 6) is 0.423. The minimum Gasteiger partial charge on any atom is -0.205 e. The van der Waals surface area contributed by atoms with E-state index in [0.29, 0.717) is 0 Å². The van der Waals surface area contributed by atoms with Gasteiger partial charge in [-0.15, -0.1) is 11.8 Å². The molecule has 0 saturated carbocycles. The molecule has 0 aliphatic heterocycles. The van der Waals surface area contributed by atoms with Crippen molar-refractivity contribution in [2.75, 3.05) is 0 Å². The predicted molar refractivity (Wildman–Crippen MR) is 75.1 cm³/mol. The Bertz CT molecular complexity index is 531. The van der Waals surface area contributed by atoms with Gasteiger partial charge in [-0.05, 0) is 29.8 Å². The molecule has 2 aromatic carbocycles. The lowest BCUT2D eigenvalue weighted by molar-refractivity contribution is 0.624. The van der Waals surface area contributed by atoms with E-state index in [1.807, 2.05) is 30.3 Å². The van der Waals surface area contributed by atoms with Crippen LogP contribution in [0.5, 0.6) is 0 Å². The number of halogens is 3. The van der Waals surface area contributed by atoms with Crippen LogP contribution in [0, 0.1) is 5.82 Å². The van der Waals surface area contributed by atoms with Crippen LogP contribution < -0.4 is 0 Å². The molecule has 0 N–H and O–H groups in total. The Balaban J connectivity index is 2.08. The largest absolute Gasteiger partial charge is 0.205 e. The van der Waals surface area contributed by atoms with Crippen LogP contribution in [0.2, 0.25) is 5.02 Å². The Labute approximate surface area is 117 Å². The molecule has 0 saturated heterocycles. The first-order valence-electron chi connectivity index (χ1n) is 4.98. The molecule has 0 aliphatic rings. The highest BCUT2D eigenvalue weighted by Gasteiger charge is 2.03. The molecule has 4 heteroatoms. The lowest BCUT2D eigenvalue weighted by atomic mass is 10.2. The second-order valence-corrected chi connectivity index (χ2v) is 5.77. The highest BCUT2D eigenvalue weighted by Crippen LogP contribution is 2.28. The third-order valence-electron chi connectivity index (χ3n) is 2.24. The smallest absolute Gasteiger partial charge is 0.142 e. The molecule has 2 aromatic rings. The van der Waals surface area contributed by atoms with Gasteiger partial charge in [0.05, 0.1) is 5.02 Å². The Morgan fingerprint density at radius 2 is 1.94 bits per heavy atom. The van der Waals surface area contributed by atoms with Crippen molar-refractivity contribution in [2.45, 2.75) is 10.6 Å². The average molecular weight is 332 g/mol. The van der Waals surface area contributed by atoms with E-state index in [-0.39, 0.29) is 10.8 Å². The summed E-state index contributed by atoms with van der Waals surface area (Å²) in [6.45, 7) is 0. The molecular weight excluding hydrogens is 323 g/mol. The third-order valence-corrected chi connectivity index (χ3v) is 4.37. The van der Waals surface area contributed by atoms with Crippen LogP contribution in [0.1, 0.15) is 5.56 Å². The van der Waals surface area contributed by atoms with Gasteiger partial charge >= 0.3 is 0 Å². The van der Waals surface area contributed by atoms with Crippen molar-refractivity contribution < 1.29 is 4.39 Å². The molecule has 88 valence electrons. The lowest BCUT2D eigenvalue weighted by Crippen LogP contribution is -1.83. The van der Waals surface area contributed by atoms with Gasteiger partial charge in [-0.1, -0.05) is 45.7 Å². The first kappa shape index (κ1) is 12.9. The van der Waals surface area contributed by atoms with Crippen LogP contribution >= 0.6 is 39.3 Å². The van der Waals surface area contributed by atoms with Crippen molar-refractivity contribution in [3.8, 4) is 0 Å². The molecular formula is C13H9BrClFS. The zero-order valence-corrected chi connectivity index (χ0v) is 11.9. The van der Waals surface area contributed by atoms with Crippen LogP contribution in [0.4, 0.5) is 4.39 Å². The summed E-state index contributed by atoms with van der Waals surface area (Å²) < 4.78 is 14.3. The Hall–Kier alpha value is -0.510. The summed E-state index contributed by atoms with van der Waals surface area (Å²) >= 11 is 10.7. The van der Waals surface area contributed by atoms with E-state index in [1.165, 1.54) is 11.6 Å². The highest BCUT2D eigenvalue weighted by molar-refractivity contribution is 9.10. The molecule has 0 bridgehead atoms. The van der Waals surface area contributed by atoms with Gasteiger partial charge in [0.1, 0.15) is 5.82 Å². The Kier molecular flexibility index (Phi) is 4.48. The fourth-order valence-corrected chi connectivity index (χ4v) is 3.00. The van der Waals surface area contributed by atoms with E-state index in [1.54, 1.807) is 17.8 Å². The summed E-state index contributed by atoms with van der Waals surface area (Å²) in [6.07, 6.45) is 0. The van der Waals surface area contributed by atoms with Crippen LogP contribution in [-0.2, 0) is 5.75 Å². The van der Waals surface area contributed by atoms with Crippen molar-refractivity contribution in [1.82, 2.24) is 0 Å². The molecule has 17 heavy (non-hydrogen) atoms. The maximum Gasteiger partial charge on any atom is 0.142 e. The van der Waals surface area contributed by atoms with Crippen molar-refractivity contribution in [1.29, 1.82) is 0 Å². The first-order valence-corrected chi connectivity index (χ1v) is 7.14. The van der Waals surface area contributed by atoms with Gasteiger partial charge < -0.3 is 0 Å². The Morgan fingerprint density at radius 3 is 2.65 bits per heavy atom. The normalized spacial score (nSPS) is 10.5. The maximum atomic E-state index is 13.2. The molecule has 0 nitrogen and oxygen atoms in total. The highest BCUT2D eigenvalue weighted by atomic mass is 79.9. The number of hydrogen-bond donors (Lipinski definition) is 0. The van der Waals surface area contributed by atoms with E-state index < -0.39 is 0 Å². The number of rotatable bonds is 3. The zero-order chi connectivity index (χ0) is 12.3. The molecule has 0 atom stereocenters. The van der Waals surface area contributed by atoms with Gasteiger partial charge in [0.15, 0.2) is 0 Å². The molecule has 0 radical (unpaired) electrons. The third kappa shape index (κ3) is 3.47. The summed E-state index contributed by atoms with van der Waals surface area (Å²) in [4.78, 5) is 0.877. The van der Waals surface area contributed by atoms with Gasteiger partial charge in [0, 0.05) is 15.1 Å². The van der Waals surface area contributed by atoms with Crippen LogP contribution in [0.15, 0.2) is 51.8 Å². The minimum atomic E-state index is -0.371. The van der Waals surface area contributed by atoms with E-state index in [0.717, 1.165) is 15.1 Å². The number of benzene rings is 2. The molecule has 0 aliphatic carbocycles. The van der Waals surface area contributed by atoms with E-state index in [9.17, 15) is 4.39 Å². The van der Waals surface area contributed by atoms with Gasteiger partial charge in [0.25, 0.3) is 0 Å². The van der Waals surface area contributed by atoms with Crippen molar-refractivity contribution >= 4 is 39.3 Å². The molecule has 0 unspecified atom stereocenters. The maximum absolute atomic E-state index is 13.2. The van der Waals surface area contributed by atoms with E-state index >= 15 is 0 Å². The van der Waals surface area contributed by atoms with Gasteiger partial charge in [-0.3, -0.25) is 0 Å². The topological polar surface area (TPSA) is 0 Å². The first-order chi connectivity index (χ1) is 8.16. The molecule has 0 aromatic heterocycles. The predicted octanol–water partition coefficient (Wildman–Crippen LogP) is 5.53. The molecule has 0 fully saturated rings. The number of hydrogen-bond acceptors (Lipinski definition) is 1. The average Bonchev–Trinajstić information content (AvgIpc) is 2.32. The molecule has 0 spiro atoms. The molecule has 0 heterocycles. The Morgan fingerprint density at radius 1 is 1.18 bits per heavy atom. The fourth-order valence-electron chi connectivity index (χ4n) is 1.34. The zero-order valence-electron chi connectivity index (χ0n) is 8.79. The van der Waals surface area contributed by atoms with Crippen molar-refractivity contribution in [3.63, 3.8) is 0 Å². The quantitative estimate of drug-likeness (QED) is 0.666. The second-order valence-electron chi connectivity index (χ2n) is 3.46. The van der Waals surface area contributed by atoms with Gasteiger partial charge in [-0.2, -0.15) is 0 Å². The van der Waals surface area contributed by atoms with Crippen LogP contribution in [0.25, 0.3) is 0 Å².